The van der Waals surface area contributed by atoms with Crippen LogP contribution in [0.3, 0.4) is 0 Å². The summed E-state index contributed by atoms with van der Waals surface area (Å²) >= 11 is 3.24. The van der Waals surface area contributed by atoms with Crippen LogP contribution in [0, 0.1) is 10.1 Å². The van der Waals surface area contributed by atoms with Crippen LogP contribution in [0.5, 0.6) is 0 Å². The normalized spacial score (nSPS) is 10.1. The largest absolute Gasteiger partial charge is 0.457 e. The van der Waals surface area contributed by atoms with Gasteiger partial charge in [-0.15, -0.1) is 0 Å². The van der Waals surface area contributed by atoms with E-state index in [4.69, 9.17) is 10.5 Å². The van der Waals surface area contributed by atoms with Crippen LogP contribution >= 0.6 is 15.9 Å². The predicted octanol–water partition coefficient (Wildman–Crippen LogP) is 3.30. The summed E-state index contributed by atoms with van der Waals surface area (Å²) in [5.74, 6) is -0.632. The molecule has 0 saturated heterocycles. The Bertz CT molecular complexity index is 703. The van der Waals surface area contributed by atoms with Gasteiger partial charge in [-0.25, -0.2) is 4.79 Å². The van der Waals surface area contributed by atoms with Gasteiger partial charge in [-0.1, -0.05) is 28.1 Å². The second-order valence-corrected chi connectivity index (χ2v) is 5.11. The van der Waals surface area contributed by atoms with Gasteiger partial charge in [0.1, 0.15) is 6.61 Å². The number of para-hydroxylation sites is 1. The van der Waals surface area contributed by atoms with Crippen LogP contribution < -0.4 is 5.73 Å². The highest BCUT2D eigenvalue weighted by Gasteiger charge is 2.16. The first kappa shape index (κ1) is 15.0. The molecule has 0 radical (unpaired) electrons. The third-order valence-electron chi connectivity index (χ3n) is 2.78. The number of hydrogen-bond donors (Lipinski definition) is 1. The summed E-state index contributed by atoms with van der Waals surface area (Å²) in [6.07, 6.45) is 0. The molecular weight excluding hydrogens is 340 g/mol. The Balaban J connectivity index is 2.15. The van der Waals surface area contributed by atoms with Gasteiger partial charge >= 0.3 is 5.97 Å². The molecule has 0 fully saturated rings. The third kappa shape index (κ3) is 3.57. The lowest BCUT2D eigenvalue weighted by Gasteiger charge is -2.08. The van der Waals surface area contributed by atoms with Crippen LogP contribution in [-0.4, -0.2) is 10.9 Å². The molecule has 0 aromatic heterocycles. The van der Waals surface area contributed by atoms with Crippen molar-refractivity contribution < 1.29 is 14.5 Å². The summed E-state index contributed by atoms with van der Waals surface area (Å²) < 4.78 is 5.79. The summed E-state index contributed by atoms with van der Waals surface area (Å²) in [6.45, 7) is -0.193. The molecule has 2 aromatic rings. The van der Waals surface area contributed by atoms with Crippen LogP contribution in [0.15, 0.2) is 46.9 Å². The van der Waals surface area contributed by atoms with Crippen LogP contribution in [0.4, 0.5) is 11.4 Å². The summed E-state index contributed by atoms with van der Waals surface area (Å²) in [5, 5.41) is 10.9. The number of carbonyl (C=O) groups excluding carboxylic acids is 1. The van der Waals surface area contributed by atoms with Crippen molar-refractivity contribution in [2.75, 3.05) is 5.73 Å². The van der Waals surface area contributed by atoms with Crippen LogP contribution in [-0.2, 0) is 11.3 Å². The minimum absolute atomic E-state index is 0.0903. The maximum Gasteiger partial charge on any atom is 0.340 e. The Morgan fingerprint density at radius 3 is 2.71 bits per heavy atom. The number of anilines is 1. The molecule has 2 aromatic carbocycles. The Kier molecular flexibility index (Phi) is 4.54. The highest BCUT2D eigenvalue weighted by molar-refractivity contribution is 9.10. The number of halogens is 1. The summed E-state index contributed by atoms with van der Waals surface area (Å²) in [5.41, 5.74) is 6.44. The minimum Gasteiger partial charge on any atom is -0.457 e. The van der Waals surface area contributed by atoms with Gasteiger partial charge < -0.3 is 10.5 Å². The van der Waals surface area contributed by atoms with Crippen molar-refractivity contribution in [2.24, 2.45) is 0 Å². The molecule has 0 heterocycles. The monoisotopic (exact) mass is 350 g/mol. The molecule has 0 aliphatic rings. The van der Waals surface area contributed by atoms with Crippen molar-refractivity contribution in [1.29, 1.82) is 0 Å². The molecule has 0 bridgehead atoms. The lowest BCUT2D eigenvalue weighted by molar-refractivity contribution is -0.385. The summed E-state index contributed by atoms with van der Waals surface area (Å²) in [4.78, 5) is 22.3. The van der Waals surface area contributed by atoms with Crippen molar-refractivity contribution in [3.8, 4) is 0 Å². The highest BCUT2D eigenvalue weighted by atomic mass is 79.9. The number of nitrogens with zero attached hydrogens (tertiary/aromatic N) is 1. The standard InChI is InChI=1S/C14H11BrN2O4/c15-10-5-6-12(16)11(7-10)14(18)21-8-9-3-1-2-4-13(9)17(19)20/h1-7H,8,16H2. The molecule has 0 atom stereocenters. The van der Waals surface area contributed by atoms with E-state index in [1.807, 2.05) is 0 Å². The second kappa shape index (κ2) is 6.36. The fourth-order valence-corrected chi connectivity index (χ4v) is 2.10. The Hall–Kier alpha value is -2.41. The lowest BCUT2D eigenvalue weighted by atomic mass is 10.2. The second-order valence-electron chi connectivity index (χ2n) is 4.19. The van der Waals surface area contributed by atoms with Gasteiger partial charge in [-0.2, -0.15) is 0 Å². The maximum atomic E-state index is 12.0. The molecule has 7 heteroatoms. The Morgan fingerprint density at radius 1 is 1.29 bits per heavy atom. The van der Waals surface area contributed by atoms with Gasteiger partial charge in [0, 0.05) is 16.2 Å². The van der Waals surface area contributed by atoms with Crippen LogP contribution in [0.25, 0.3) is 0 Å². The number of hydrogen-bond acceptors (Lipinski definition) is 5. The van der Waals surface area contributed by atoms with Crippen molar-refractivity contribution in [1.82, 2.24) is 0 Å². The van der Waals surface area contributed by atoms with Crippen LogP contribution in [0.2, 0.25) is 0 Å². The van der Waals surface area contributed by atoms with E-state index in [-0.39, 0.29) is 23.5 Å². The number of nitro groups is 1. The van der Waals surface area contributed by atoms with Gasteiger partial charge in [0.25, 0.3) is 5.69 Å². The Labute approximate surface area is 128 Å². The molecule has 0 aliphatic carbocycles. The fourth-order valence-electron chi connectivity index (χ4n) is 1.74. The van der Waals surface area contributed by atoms with E-state index < -0.39 is 10.9 Å². The minimum atomic E-state index is -0.632. The van der Waals surface area contributed by atoms with E-state index in [1.54, 1.807) is 24.3 Å². The number of ether oxygens (including phenoxy) is 1. The van der Waals surface area contributed by atoms with E-state index in [0.717, 1.165) is 0 Å². The van der Waals surface area contributed by atoms with Gasteiger partial charge in [-0.05, 0) is 24.3 Å². The third-order valence-corrected chi connectivity index (χ3v) is 3.28. The molecule has 6 nitrogen and oxygen atoms in total. The fraction of sp³-hybridized carbons (Fsp3) is 0.0714. The molecule has 0 saturated carbocycles. The smallest absolute Gasteiger partial charge is 0.340 e. The van der Waals surface area contributed by atoms with Crippen LogP contribution in [0.1, 0.15) is 15.9 Å². The van der Waals surface area contributed by atoms with E-state index in [2.05, 4.69) is 15.9 Å². The first-order valence-electron chi connectivity index (χ1n) is 5.93. The maximum absolute atomic E-state index is 12.0. The van der Waals surface area contributed by atoms with E-state index in [9.17, 15) is 14.9 Å². The van der Waals surface area contributed by atoms with E-state index in [1.165, 1.54) is 18.2 Å². The van der Waals surface area contributed by atoms with Gasteiger partial charge in [0.2, 0.25) is 0 Å². The van der Waals surface area contributed by atoms with Gasteiger partial charge in [0.15, 0.2) is 0 Å². The number of benzene rings is 2. The number of rotatable bonds is 4. The number of nitrogen functional groups attached to an aromatic ring is 1. The molecule has 0 unspecified atom stereocenters. The van der Waals surface area contributed by atoms with Gasteiger partial charge in [-0.3, -0.25) is 10.1 Å². The molecule has 2 N–H and O–H groups in total. The molecule has 2 rings (SSSR count). The predicted molar refractivity (Wildman–Crippen MR) is 80.8 cm³/mol. The molecule has 0 aliphatic heterocycles. The zero-order chi connectivity index (χ0) is 15.4. The summed E-state index contributed by atoms with van der Waals surface area (Å²) in [7, 11) is 0. The number of carbonyl (C=O) groups is 1. The number of esters is 1. The number of nitrogens with two attached hydrogens (primary N) is 1. The van der Waals surface area contributed by atoms with Crippen molar-refractivity contribution in [3.05, 3.63) is 68.2 Å². The molecule has 108 valence electrons. The van der Waals surface area contributed by atoms with Gasteiger partial charge in [0.05, 0.1) is 16.1 Å². The Morgan fingerprint density at radius 2 is 2.00 bits per heavy atom. The molecule has 0 amide bonds. The molecule has 0 spiro atoms. The average molecular weight is 351 g/mol. The van der Waals surface area contributed by atoms with E-state index >= 15 is 0 Å². The first-order chi connectivity index (χ1) is 9.99. The zero-order valence-electron chi connectivity index (χ0n) is 10.8. The highest BCUT2D eigenvalue weighted by Crippen LogP contribution is 2.22. The first-order valence-corrected chi connectivity index (χ1v) is 6.73. The quantitative estimate of drug-likeness (QED) is 0.395. The lowest BCUT2D eigenvalue weighted by Crippen LogP contribution is -2.09. The van der Waals surface area contributed by atoms with E-state index in [0.29, 0.717) is 10.0 Å². The zero-order valence-corrected chi connectivity index (χ0v) is 12.4. The SMILES string of the molecule is Nc1ccc(Br)cc1C(=O)OCc1ccccc1[N+](=O)[O-]. The molecular formula is C14H11BrN2O4. The van der Waals surface area contributed by atoms with Crippen molar-refractivity contribution in [3.63, 3.8) is 0 Å². The molecule has 21 heavy (non-hydrogen) atoms. The van der Waals surface area contributed by atoms with Crippen molar-refractivity contribution >= 4 is 33.3 Å². The topological polar surface area (TPSA) is 95.5 Å². The number of nitro benzene ring substituents is 1. The summed E-state index contributed by atoms with van der Waals surface area (Å²) in [6, 6.07) is 10.9. The average Bonchev–Trinajstić information content (AvgIpc) is 2.47. The van der Waals surface area contributed by atoms with Crippen molar-refractivity contribution in [2.45, 2.75) is 6.61 Å².